The summed E-state index contributed by atoms with van der Waals surface area (Å²) in [7, 11) is 4.99. The van der Waals surface area contributed by atoms with Gasteiger partial charge >= 0.3 is 0 Å². The lowest BCUT2D eigenvalue weighted by Gasteiger charge is -2.39. The van der Waals surface area contributed by atoms with Gasteiger partial charge in [-0.2, -0.15) is 0 Å². The third-order valence-electron chi connectivity index (χ3n) is 8.95. The third-order valence-corrected chi connectivity index (χ3v) is 8.95. The number of hydrogen-bond acceptors (Lipinski definition) is 0. The first-order valence-electron chi connectivity index (χ1n) is 17.5. The van der Waals surface area contributed by atoms with Crippen LogP contribution in [0, 0.1) is 0 Å². The Morgan fingerprint density at radius 2 is 0.795 bits per heavy atom. The predicted octanol–water partition coefficient (Wildman–Crippen LogP) is 9.60. The molecule has 0 radical (unpaired) electrons. The molecule has 0 heterocycles. The molecule has 0 N–H and O–H groups in total. The molecule has 230 valence electrons. The standard InChI is InChI=1S/C37H70N.ClH/c1-5-7-9-11-13-15-17-19-21-23-25-30-34-37(36-32-28-27-29-33-36)38(3,4)35-31-26-24-22-20-18-16-14-12-10-8-6-2;/h27-29,32-33,37H,5-26,30-31,34-35H2,1-4H3;1H/q+1;/p-1. The second kappa shape index (κ2) is 27.6. The largest absolute Gasteiger partial charge is 1.00 e. The molecule has 1 nitrogen and oxygen atoms in total. The van der Waals surface area contributed by atoms with E-state index in [4.69, 9.17) is 0 Å². The normalized spacial score (nSPS) is 12.4. The molecule has 0 amide bonds. The van der Waals surface area contributed by atoms with Crippen LogP contribution >= 0.6 is 0 Å². The van der Waals surface area contributed by atoms with Gasteiger partial charge in [0.05, 0.1) is 20.6 Å². The fourth-order valence-electron chi connectivity index (χ4n) is 6.29. The first-order valence-corrected chi connectivity index (χ1v) is 17.5. The van der Waals surface area contributed by atoms with Crippen molar-refractivity contribution in [1.29, 1.82) is 0 Å². The minimum absolute atomic E-state index is 0. The molecule has 2 heteroatoms. The van der Waals surface area contributed by atoms with E-state index in [9.17, 15) is 0 Å². The number of rotatable bonds is 28. The van der Waals surface area contributed by atoms with Gasteiger partial charge in [-0.1, -0.05) is 179 Å². The Kier molecular flexibility index (Phi) is 27.3. The smallest absolute Gasteiger partial charge is 0.114 e. The Balaban J connectivity index is 0.0000144. The minimum atomic E-state index is 0. The zero-order valence-corrected chi connectivity index (χ0v) is 27.9. The SMILES string of the molecule is CCCCCCCCCCCCCCC(c1ccccc1)[N+](C)(C)CCCCCCCCCCCCCC.[Cl-]. The van der Waals surface area contributed by atoms with Crippen molar-refractivity contribution in [2.45, 2.75) is 180 Å². The monoisotopic (exact) mass is 564 g/mol. The van der Waals surface area contributed by atoms with Crippen LogP contribution in [0.3, 0.4) is 0 Å². The maximum Gasteiger partial charge on any atom is 0.114 e. The molecule has 39 heavy (non-hydrogen) atoms. The molecule has 0 saturated carbocycles. The molecule has 1 rings (SSSR count). The number of quaternary nitrogens is 1. The van der Waals surface area contributed by atoms with Crippen LogP contribution < -0.4 is 12.4 Å². The van der Waals surface area contributed by atoms with Crippen molar-refractivity contribution in [3.8, 4) is 0 Å². The summed E-state index contributed by atoms with van der Waals surface area (Å²) >= 11 is 0. The lowest BCUT2D eigenvalue weighted by atomic mass is 9.96. The second-order valence-electron chi connectivity index (χ2n) is 13.0. The van der Waals surface area contributed by atoms with Crippen LogP contribution in [0.5, 0.6) is 0 Å². The number of benzene rings is 1. The van der Waals surface area contributed by atoms with Crippen molar-refractivity contribution in [3.63, 3.8) is 0 Å². The summed E-state index contributed by atoms with van der Waals surface area (Å²) in [5.41, 5.74) is 1.56. The van der Waals surface area contributed by atoms with Crippen LogP contribution in [0.1, 0.15) is 186 Å². The van der Waals surface area contributed by atoms with E-state index in [1.807, 2.05) is 0 Å². The van der Waals surface area contributed by atoms with E-state index in [0.717, 1.165) is 4.48 Å². The fourth-order valence-corrected chi connectivity index (χ4v) is 6.29. The van der Waals surface area contributed by atoms with Crippen LogP contribution in [-0.4, -0.2) is 25.1 Å². The zero-order valence-electron chi connectivity index (χ0n) is 27.2. The molecular formula is C37H70ClN. The average Bonchev–Trinajstić information content (AvgIpc) is 2.92. The Labute approximate surface area is 253 Å². The molecule has 1 atom stereocenters. The maximum absolute atomic E-state index is 2.50. The molecule has 0 aliphatic rings. The first kappa shape index (κ1) is 38.5. The molecule has 0 bridgehead atoms. The molecule has 1 aromatic carbocycles. The van der Waals surface area contributed by atoms with E-state index in [2.05, 4.69) is 58.3 Å². The van der Waals surface area contributed by atoms with Gasteiger partial charge in [-0.25, -0.2) is 0 Å². The number of hydrogen-bond donors (Lipinski definition) is 0. The van der Waals surface area contributed by atoms with Crippen LogP contribution in [0.15, 0.2) is 30.3 Å². The third kappa shape index (κ3) is 21.8. The molecule has 0 fully saturated rings. The van der Waals surface area contributed by atoms with Crippen LogP contribution in [0.2, 0.25) is 0 Å². The number of nitrogens with zero attached hydrogens (tertiary/aromatic N) is 1. The second-order valence-corrected chi connectivity index (χ2v) is 13.0. The Morgan fingerprint density at radius 1 is 0.462 bits per heavy atom. The number of halogens is 1. The van der Waals surface area contributed by atoms with Crippen molar-refractivity contribution >= 4 is 0 Å². The lowest BCUT2D eigenvalue weighted by Crippen LogP contribution is -3.00. The van der Waals surface area contributed by atoms with Crippen LogP contribution in [0.25, 0.3) is 0 Å². The highest BCUT2D eigenvalue weighted by Gasteiger charge is 2.28. The zero-order chi connectivity index (χ0) is 27.6. The van der Waals surface area contributed by atoms with E-state index >= 15 is 0 Å². The summed E-state index contributed by atoms with van der Waals surface area (Å²) in [5, 5.41) is 0. The molecule has 0 aliphatic carbocycles. The summed E-state index contributed by atoms with van der Waals surface area (Å²) in [4.78, 5) is 0. The summed E-state index contributed by atoms with van der Waals surface area (Å²) in [6.45, 7) is 5.93. The molecule has 0 saturated heterocycles. The van der Waals surface area contributed by atoms with Gasteiger partial charge in [0.15, 0.2) is 0 Å². The molecule has 1 aromatic rings. The van der Waals surface area contributed by atoms with Gasteiger partial charge in [0, 0.05) is 12.0 Å². The van der Waals surface area contributed by atoms with Gasteiger partial charge in [0.2, 0.25) is 0 Å². The molecule has 0 aromatic heterocycles. The van der Waals surface area contributed by atoms with Gasteiger partial charge < -0.3 is 16.9 Å². The van der Waals surface area contributed by atoms with Crippen molar-refractivity contribution in [1.82, 2.24) is 0 Å². The topological polar surface area (TPSA) is 0 Å². The van der Waals surface area contributed by atoms with Crippen LogP contribution in [0.4, 0.5) is 0 Å². The van der Waals surface area contributed by atoms with E-state index < -0.39 is 0 Å². The fraction of sp³-hybridized carbons (Fsp3) is 0.838. The highest BCUT2D eigenvalue weighted by Crippen LogP contribution is 2.31. The van der Waals surface area contributed by atoms with E-state index in [1.54, 1.807) is 5.56 Å². The highest BCUT2D eigenvalue weighted by molar-refractivity contribution is 5.17. The molecule has 0 aliphatic heterocycles. The Bertz CT molecular complexity index is 599. The van der Waals surface area contributed by atoms with E-state index in [-0.39, 0.29) is 12.4 Å². The van der Waals surface area contributed by atoms with E-state index in [0.29, 0.717) is 6.04 Å². The first-order chi connectivity index (χ1) is 18.6. The molecule has 1 unspecified atom stereocenters. The highest BCUT2D eigenvalue weighted by atomic mass is 35.5. The van der Waals surface area contributed by atoms with Crippen LogP contribution in [-0.2, 0) is 0 Å². The van der Waals surface area contributed by atoms with Crippen molar-refractivity contribution in [2.75, 3.05) is 20.6 Å². The van der Waals surface area contributed by atoms with Gasteiger partial charge in [0.25, 0.3) is 0 Å². The average molecular weight is 564 g/mol. The van der Waals surface area contributed by atoms with Gasteiger partial charge in [0.1, 0.15) is 6.04 Å². The maximum atomic E-state index is 2.50. The van der Waals surface area contributed by atoms with Crippen molar-refractivity contribution in [3.05, 3.63) is 35.9 Å². The quantitative estimate of drug-likeness (QED) is 0.0703. The Hall–Kier alpha value is -0.530. The van der Waals surface area contributed by atoms with Crippen molar-refractivity contribution in [2.24, 2.45) is 0 Å². The molecular weight excluding hydrogens is 494 g/mol. The van der Waals surface area contributed by atoms with Crippen molar-refractivity contribution < 1.29 is 16.9 Å². The summed E-state index contributed by atoms with van der Waals surface area (Å²) < 4.78 is 1.15. The number of unbranched alkanes of at least 4 members (excludes halogenated alkanes) is 22. The predicted molar refractivity (Wildman–Crippen MR) is 173 cm³/mol. The summed E-state index contributed by atoms with van der Waals surface area (Å²) in [6, 6.07) is 12.1. The van der Waals surface area contributed by atoms with E-state index in [1.165, 1.54) is 167 Å². The summed E-state index contributed by atoms with van der Waals surface area (Å²) in [6.07, 6.45) is 35.8. The lowest BCUT2D eigenvalue weighted by molar-refractivity contribution is -0.921. The van der Waals surface area contributed by atoms with Gasteiger partial charge in [-0.15, -0.1) is 0 Å². The molecule has 0 spiro atoms. The van der Waals surface area contributed by atoms with Gasteiger partial charge in [-0.3, -0.25) is 0 Å². The minimum Gasteiger partial charge on any atom is -1.00 e. The summed E-state index contributed by atoms with van der Waals surface area (Å²) in [5.74, 6) is 0. The Morgan fingerprint density at radius 3 is 1.18 bits per heavy atom. The van der Waals surface area contributed by atoms with Gasteiger partial charge in [-0.05, 0) is 19.3 Å².